The summed E-state index contributed by atoms with van der Waals surface area (Å²) in [4.78, 5) is 97.6. The van der Waals surface area contributed by atoms with Gasteiger partial charge in [0.1, 0.15) is 35.7 Å². The maximum absolute atomic E-state index is 16.3. The SMILES string of the molecule is COCCOC(=O)N1C(=O)[C@@]2(c3cc(C#CCC(C(=O)OC)C(=O)OC)ccc31)[C@H](C(=O)NCc1nc3ccccc3[nH]1)[C@H]1C(=O)O[C@H](c3ccccc3)[C@H](c3ccccc3)N1[C@@H]2c1ccc(O)cc1. The second kappa shape index (κ2) is 19.7. The minimum atomic E-state index is -2.18. The van der Waals surface area contributed by atoms with Gasteiger partial charge < -0.3 is 39.1 Å². The Balaban J connectivity index is 1.30. The van der Waals surface area contributed by atoms with Gasteiger partial charge in [0.2, 0.25) is 11.8 Å². The maximum atomic E-state index is 16.3. The average molecular weight is 946 g/mol. The number of carbonyl (C=O) groups excluding carboxylic acids is 6. The number of fused-ring (bicyclic) bond motifs is 4. The summed E-state index contributed by atoms with van der Waals surface area (Å²) in [6.07, 6.45) is -2.36. The molecule has 4 heterocycles. The molecule has 3 aliphatic heterocycles. The van der Waals surface area contributed by atoms with Crippen LogP contribution in [0.25, 0.3) is 11.0 Å². The van der Waals surface area contributed by atoms with Crippen molar-refractivity contribution in [1.29, 1.82) is 0 Å². The minimum Gasteiger partial charge on any atom is -0.508 e. The Morgan fingerprint density at radius 2 is 1.49 bits per heavy atom. The summed E-state index contributed by atoms with van der Waals surface area (Å²) in [6.45, 7) is -0.384. The van der Waals surface area contributed by atoms with Crippen LogP contribution in [0.4, 0.5) is 10.5 Å². The lowest BCUT2D eigenvalue weighted by molar-refractivity contribution is -0.178. The normalized spacial score (nSPS) is 21.4. The zero-order chi connectivity index (χ0) is 49.1. The van der Waals surface area contributed by atoms with Crippen LogP contribution in [0.1, 0.15) is 58.3 Å². The van der Waals surface area contributed by atoms with Crippen LogP contribution in [0.5, 0.6) is 5.75 Å². The molecule has 3 aliphatic rings. The first-order valence-electron chi connectivity index (χ1n) is 22.4. The Labute approximate surface area is 401 Å². The average Bonchev–Trinajstić information content (AvgIpc) is 4.03. The fourth-order valence-corrected chi connectivity index (χ4v) is 10.1. The van der Waals surface area contributed by atoms with Crippen molar-refractivity contribution in [3.8, 4) is 17.6 Å². The number of aromatic hydroxyl groups is 1. The number of cyclic esters (lactones) is 1. The summed E-state index contributed by atoms with van der Waals surface area (Å²) in [6, 6.07) is 32.8. The van der Waals surface area contributed by atoms with Crippen molar-refractivity contribution < 1.29 is 57.6 Å². The van der Waals surface area contributed by atoms with Crippen LogP contribution in [-0.4, -0.2) is 96.4 Å². The van der Waals surface area contributed by atoms with Crippen LogP contribution in [-0.2, 0) is 59.6 Å². The van der Waals surface area contributed by atoms with Crippen LogP contribution >= 0.6 is 0 Å². The summed E-state index contributed by atoms with van der Waals surface area (Å²) in [5.41, 5.74) is 1.36. The molecule has 9 rings (SSSR count). The number of methoxy groups -OCH3 is 3. The van der Waals surface area contributed by atoms with Crippen molar-refractivity contribution in [2.45, 2.75) is 42.6 Å². The number of aromatic nitrogens is 2. The highest BCUT2D eigenvalue weighted by Gasteiger charge is 2.75. The molecule has 2 fully saturated rings. The van der Waals surface area contributed by atoms with Gasteiger partial charge in [0.15, 0.2) is 5.92 Å². The number of amides is 3. The number of anilines is 1. The van der Waals surface area contributed by atoms with E-state index in [1.807, 2.05) is 89.8 Å². The molecule has 5 aromatic carbocycles. The number of benzene rings is 5. The zero-order valence-corrected chi connectivity index (χ0v) is 38.2. The number of phenolic OH excluding ortho intramolecular Hbond substituents is 1. The molecule has 17 nitrogen and oxygen atoms in total. The lowest BCUT2D eigenvalue weighted by Gasteiger charge is -2.46. The Bertz CT molecular complexity index is 2990. The lowest BCUT2D eigenvalue weighted by atomic mass is 9.65. The zero-order valence-electron chi connectivity index (χ0n) is 38.2. The Kier molecular flexibility index (Phi) is 13.2. The topological polar surface area (TPSA) is 216 Å². The lowest BCUT2D eigenvalue weighted by Crippen LogP contribution is -2.55. The van der Waals surface area contributed by atoms with Gasteiger partial charge in [-0.3, -0.25) is 28.9 Å². The fraction of sp³-hybridized carbons (Fsp3) is 0.264. The summed E-state index contributed by atoms with van der Waals surface area (Å²) < 4.78 is 27.0. The molecule has 3 amide bonds. The molecule has 1 aromatic heterocycles. The van der Waals surface area contributed by atoms with E-state index in [9.17, 15) is 19.5 Å². The van der Waals surface area contributed by atoms with Crippen LogP contribution in [0.2, 0.25) is 0 Å². The number of H-pyrrole nitrogens is 1. The summed E-state index contributed by atoms with van der Waals surface area (Å²) in [5.74, 6) is -1.03. The van der Waals surface area contributed by atoms with E-state index < -0.39 is 77.3 Å². The van der Waals surface area contributed by atoms with E-state index in [0.717, 1.165) is 24.6 Å². The number of morpholine rings is 1. The number of hydrogen-bond acceptors (Lipinski definition) is 14. The highest BCUT2D eigenvalue weighted by Crippen LogP contribution is 2.66. The molecule has 6 aromatic rings. The summed E-state index contributed by atoms with van der Waals surface area (Å²) in [7, 11) is 3.70. The van der Waals surface area contributed by atoms with E-state index in [1.165, 1.54) is 25.3 Å². The van der Waals surface area contributed by atoms with E-state index >= 15 is 14.4 Å². The third-order valence-corrected chi connectivity index (χ3v) is 13.0. The van der Waals surface area contributed by atoms with Gasteiger partial charge in [-0.1, -0.05) is 96.8 Å². The second-order valence-corrected chi connectivity index (χ2v) is 16.9. The molecule has 1 spiro atoms. The number of imidazole rings is 1. The number of aromatic amines is 1. The van der Waals surface area contributed by atoms with Crippen LogP contribution in [0, 0.1) is 23.7 Å². The standard InChI is InChI=1S/C53H47N5O12/c1-66-27-28-69-52(65)57-40-26-21-31(13-12-18-36(48(61)67-2)49(62)68-3)29-37(40)53(51(57)64)42(47(60)54-30-41-55-38-19-10-11-20-39(38)56-41)44-50(63)70-45(33-16-8-5-9-17-33)43(32-14-6-4-7-15-32)58(44)46(53)34-22-24-35(59)25-23-34/h4-11,14-17,19-26,29,36,42-46,59H,18,27-28,30H2,1-3H3,(H,54,60)(H,55,56)/t42-,43-,44-,45+,46+,53-/m0/s1. The number of rotatable bonds is 12. The monoisotopic (exact) mass is 945 g/mol. The minimum absolute atomic E-state index is 0.00270. The molecule has 0 aliphatic carbocycles. The fourth-order valence-electron chi connectivity index (χ4n) is 10.1. The number of nitrogens with one attached hydrogen (secondary N) is 2. The number of hydrogen-bond donors (Lipinski definition) is 3. The molecule has 0 radical (unpaired) electrons. The molecular formula is C53H47N5O12. The van der Waals surface area contributed by atoms with Gasteiger partial charge in [-0.2, -0.15) is 0 Å². The van der Waals surface area contributed by atoms with E-state index in [4.69, 9.17) is 23.7 Å². The summed E-state index contributed by atoms with van der Waals surface area (Å²) >= 11 is 0. The van der Waals surface area contributed by atoms with Crippen molar-refractivity contribution in [2.24, 2.45) is 11.8 Å². The maximum Gasteiger partial charge on any atom is 0.421 e. The quantitative estimate of drug-likeness (QED) is 0.0439. The van der Waals surface area contributed by atoms with Crippen LogP contribution in [0.15, 0.2) is 127 Å². The van der Waals surface area contributed by atoms with Crippen molar-refractivity contribution in [3.05, 3.63) is 161 Å². The van der Waals surface area contributed by atoms with Crippen molar-refractivity contribution >= 4 is 52.5 Å². The van der Waals surface area contributed by atoms with Crippen molar-refractivity contribution in [1.82, 2.24) is 20.2 Å². The third-order valence-electron chi connectivity index (χ3n) is 13.0. The van der Waals surface area contributed by atoms with Crippen molar-refractivity contribution in [2.75, 3.05) is 39.4 Å². The number of imide groups is 1. The largest absolute Gasteiger partial charge is 0.508 e. The predicted octanol–water partition coefficient (Wildman–Crippen LogP) is 5.74. The first-order valence-corrected chi connectivity index (χ1v) is 22.4. The van der Waals surface area contributed by atoms with E-state index in [-0.39, 0.29) is 48.7 Å². The van der Waals surface area contributed by atoms with Gasteiger partial charge in [0.25, 0.3) is 0 Å². The second-order valence-electron chi connectivity index (χ2n) is 16.9. The van der Waals surface area contributed by atoms with E-state index in [0.29, 0.717) is 28.0 Å². The first-order chi connectivity index (χ1) is 34.0. The Morgan fingerprint density at radius 1 is 0.814 bits per heavy atom. The Morgan fingerprint density at radius 3 is 2.16 bits per heavy atom. The molecule has 17 heteroatoms. The van der Waals surface area contributed by atoms with E-state index in [1.54, 1.807) is 24.3 Å². The molecular weight excluding hydrogens is 899 g/mol. The van der Waals surface area contributed by atoms with Crippen molar-refractivity contribution in [3.63, 3.8) is 0 Å². The number of para-hydroxylation sites is 2. The van der Waals surface area contributed by atoms with Gasteiger partial charge >= 0.3 is 24.0 Å². The van der Waals surface area contributed by atoms with Crippen LogP contribution < -0.4 is 10.2 Å². The molecule has 70 heavy (non-hydrogen) atoms. The molecule has 0 saturated carbocycles. The molecule has 3 N–H and O–H groups in total. The van der Waals surface area contributed by atoms with Crippen LogP contribution in [0.3, 0.4) is 0 Å². The molecule has 356 valence electrons. The van der Waals surface area contributed by atoms with E-state index in [2.05, 4.69) is 27.1 Å². The highest BCUT2D eigenvalue weighted by molar-refractivity contribution is 6.23. The summed E-state index contributed by atoms with van der Waals surface area (Å²) in [5, 5.41) is 13.7. The van der Waals surface area contributed by atoms with Gasteiger partial charge in [0.05, 0.1) is 62.1 Å². The molecule has 0 bridgehead atoms. The Hall–Kier alpha value is -8.33. The molecule has 0 unspecified atom stereocenters. The smallest absolute Gasteiger partial charge is 0.421 e. The van der Waals surface area contributed by atoms with Gasteiger partial charge in [-0.15, -0.1) is 0 Å². The number of carbonyl (C=O) groups is 6. The molecule has 2 saturated heterocycles. The number of esters is 3. The number of phenols is 1. The highest BCUT2D eigenvalue weighted by atomic mass is 16.6. The third kappa shape index (κ3) is 8.26. The molecule has 6 atom stereocenters. The predicted molar refractivity (Wildman–Crippen MR) is 250 cm³/mol. The van der Waals surface area contributed by atoms with Gasteiger partial charge in [0, 0.05) is 19.1 Å². The number of ether oxygens (including phenoxy) is 5. The first kappa shape index (κ1) is 46.8. The van der Waals surface area contributed by atoms with Gasteiger partial charge in [-0.25, -0.2) is 14.7 Å². The number of nitrogens with zero attached hydrogens (tertiary/aromatic N) is 3. The van der Waals surface area contributed by atoms with Gasteiger partial charge in [-0.05, 0) is 64.7 Å².